The van der Waals surface area contributed by atoms with E-state index in [2.05, 4.69) is 187 Å². The fourth-order valence-corrected chi connectivity index (χ4v) is 9.12. The maximum absolute atomic E-state index is 5.30. The van der Waals surface area contributed by atoms with Crippen LogP contribution in [0.5, 0.6) is 0 Å². The Morgan fingerprint density at radius 1 is 0.347 bits per heavy atom. The second-order valence-corrected chi connectivity index (χ2v) is 24.0. The summed E-state index contributed by atoms with van der Waals surface area (Å²) in [6.07, 6.45) is 6.63. The van der Waals surface area contributed by atoms with E-state index in [1.165, 1.54) is 27.8 Å². The van der Waals surface area contributed by atoms with Gasteiger partial charge in [-0.15, -0.1) is 90.6 Å². The van der Waals surface area contributed by atoms with Crippen molar-refractivity contribution in [3.63, 3.8) is 0 Å². The molecule has 1 unspecified atom stereocenters. The fraction of sp³-hybridized carbons (Fsp3) is 0.178. The molecule has 0 aliphatic rings. The maximum Gasteiger partial charge on any atom is 4.00 e. The molecular formula is C90H102N6Zr2-. The van der Waals surface area contributed by atoms with Crippen LogP contribution in [-0.2, 0) is 72.9 Å². The second-order valence-electron chi connectivity index (χ2n) is 24.0. The Hall–Kier alpha value is -9.05. The van der Waals surface area contributed by atoms with Crippen LogP contribution in [-0.4, -0.2) is 25.8 Å². The number of para-hydroxylation sites is 2. The molecule has 2 aromatic heterocycles. The van der Waals surface area contributed by atoms with Crippen LogP contribution in [0.1, 0.15) is 163 Å². The number of aliphatic imine (C=N–C) groups is 1. The first kappa shape index (κ1) is 85.0. The predicted octanol–water partition coefficient (Wildman–Crippen LogP) is 24.2. The van der Waals surface area contributed by atoms with E-state index < -0.39 is 0 Å². The molecule has 2 heterocycles. The summed E-state index contributed by atoms with van der Waals surface area (Å²) < 4.78 is 3.65. The van der Waals surface area contributed by atoms with Crippen LogP contribution in [0.4, 0.5) is 11.4 Å². The zero-order valence-corrected chi connectivity index (χ0v) is 64.6. The summed E-state index contributed by atoms with van der Waals surface area (Å²) in [5, 5.41) is 14.3. The van der Waals surface area contributed by atoms with Crippen molar-refractivity contribution in [2.45, 2.75) is 91.5 Å². The van der Waals surface area contributed by atoms with Crippen LogP contribution < -0.4 is 0 Å². The fourth-order valence-electron chi connectivity index (χ4n) is 9.12. The molecule has 12 aromatic rings. The van der Waals surface area contributed by atoms with Crippen molar-refractivity contribution in [2.24, 2.45) is 19.1 Å². The summed E-state index contributed by atoms with van der Waals surface area (Å²) in [5.74, 6) is 1.79. The van der Waals surface area contributed by atoms with E-state index in [0.717, 1.165) is 68.1 Å². The Kier molecular flexibility index (Phi) is 42.9. The summed E-state index contributed by atoms with van der Waals surface area (Å²) in [4.78, 5) is 4.73. The van der Waals surface area contributed by atoms with Crippen molar-refractivity contribution < 1.29 is 52.4 Å². The minimum absolute atomic E-state index is 0. The maximum atomic E-state index is 5.30. The zero-order valence-electron chi connectivity index (χ0n) is 59.7. The molecular weight excluding hydrogens is 1350 g/mol. The van der Waals surface area contributed by atoms with E-state index in [1.807, 2.05) is 256 Å². The van der Waals surface area contributed by atoms with Crippen LogP contribution >= 0.6 is 0 Å². The van der Waals surface area contributed by atoms with Crippen LogP contribution in [0.25, 0.3) is 5.32 Å². The van der Waals surface area contributed by atoms with E-state index in [1.54, 1.807) is 4.68 Å². The van der Waals surface area contributed by atoms with Crippen molar-refractivity contribution in [2.75, 3.05) is 0 Å². The Bertz CT molecular complexity index is 3490. The van der Waals surface area contributed by atoms with Gasteiger partial charge in [0.15, 0.2) is 0 Å². The number of aromatic nitrogens is 4. The van der Waals surface area contributed by atoms with Gasteiger partial charge in [-0.05, 0) is 58.9 Å². The summed E-state index contributed by atoms with van der Waals surface area (Å²) in [7, 11) is 3.88. The Labute approximate surface area is 630 Å². The molecule has 0 fully saturated rings. The molecule has 1 radical (unpaired) electrons. The van der Waals surface area contributed by atoms with Crippen molar-refractivity contribution in [3.8, 4) is 0 Å². The molecule has 0 spiro atoms. The van der Waals surface area contributed by atoms with Crippen LogP contribution in [0.3, 0.4) is 0 Å². The van der Waals surface area contributed by atoms with E-state index in [4.69, 9.17) is 10.3 Å². The van der Waals surface area contributed by atoms with Gasteiger partial charge in [-0.2, -0.15) is 183 Å². The van der Waals surface area contributed by atoms with E-state index in [-0.39, 0.29) is 58.4 Å². The van der Waals surface area contributed by atoms with Crippen molar-refractivity contribution in [1.29, 1.82) is 0 Å². The van der Waals surface area contributed by atoms with Crippen molar-refractivity contribution in [1.82, 2.24) is 19.6 Å². The van der Waals surface area contributed by atoms with Crippen molar-refractivity contribution in [3.05, 3.63) is 436 Å². The molecule has 1 atom stereocenters. The van der Waals surface area contributed by atoms with Crippen molar-refractivity contribution >= 4 is 17.6 Å². The smallest absolute Gasteiger partial charge is 0.676 e. The molecule has 0 saturated heterocycles. The normalized spacial score (nSPS) is 10.2. The molecule has 6 nitrogen and oxygen atoms in total. The van der Waals surface area contributed by atoms with Gasteiger partial charge in [0.25, 0.3) is 0 Å². The Morgan fingerprint density at radius 3 is 0.847 bits per heavy atom. The van der Waals surface area contributed by atoms with Gasteiger partial charge in [-0.25, -0.2) is 0 Å². The quantitative estimate of drug-likeness (QED) is 0.0957. The van der Waals surface area contributed by atoms with E-state index >= 15 is 0 Å². The number of hydrogen-bond donors (Lipinski definition) is 0. The van der Waals surface area contributed by atoms with Crippen LogP contribution in [0.2, 0.25) is 0 Å². The topological polar surface area (TPSA) is 62.1 Å². The Morgan fingerprint density at radius 2 is 0.612 bits per heavy atom. The first-order chi connectivity index (χ1) is 46.2. The molecule has 10 aromatic carbocycles. The number of benzene rings is 10. The minimum atomic E-state index is 0. The van der Waals surface area contributed by atoms with E-state index in [0.29, 0.717) is 23.7 Å². The standard InChI is InChI=1S/C24H30N3.C17H23N3.7C7H7.2Zr/c1-17(2)20-12-9-13-21(18(3)4)24(20)25-23(22-14-15-27(5)26-22)16-19-10-7-6-8-11-19;1-12(2)15-7-6-8-16(13(3)4)17(15)18-11-14-9-10-20(5)19-14;7*1-7-5-3-2-4-6-7;;/h6-15,17-18,23H,16H2,1-5H3;6-13H,1-5H3;7*2-6H,1H2;;/q-1;;7*-1;+3;+4. The minimum Gasteiger partial charge on any atom is -0.676 e. The molecule has 98 heavy (non-hydrogen) atoms. The molecule has 8 heteroatoms. The molecule has 0 N–H and O–H groups in total. The average Bonchev–Trinajstić information content (AvgIpc) is 1.11. The number of aryl methyl sites for hydroxylation is 2. The monoisotopic (exact) mass is 1450 g/mol. The summed E-state index contributed by atoms with van der Waals surface area (Å²) in [6.45, 7) is 43.8. The third-order valence-electron chi connectivity index (χ3n) is 14.3. The number of hydrogen-bond acceptors (Lipinski definition) is 3. The largest absolute Gasteiger partial charge is 4.00 e. The molecule has 0 aliphatic carbocycles. The molecule has 0 saturated carbocycles. The number of rotatable bonds is 11. The van der Waals surface area contributed by atoms with Gasteiger partial charge in [0, 0.05) is 32.2 Å². The Balaban J connectivity index is 0.000000401. The third kappa shape index (κ3) is 35.8. The van der Waals surface area contributed by atoms with Gasteiger partial charge >= 0.3 is 52.4 Å². The molecule has 0 bridgehead atoms. The third-order valence-corrected chi connectivity index (χ3v) is 14.3. The average molecular weight is 1450 g/mol. The van der Waals surface area contributed by atoms with Crippen LogP contribution in [0, 0.1) is 48.5 Å². The van der Waals surface area contributed by atoms with Gasteiger partial charge in [-0.1, -0.05) is 182 Å². The number of nitrogens with zero attached hydrogens (tertiary/aromatic N) is 6. The first-order valence-electron chi connectivity index (χ1n) is 32.8. The summed E-state index contributed by atoms with van der Waals surface area (Å²) >= 11 is 0. The van der Waals surface area contributed by atoms with Gasteiger partial charge in [0.2, 0.25) is 0 Å². The van der Waals surface area contributed by atoms with Gasteiger partial charge in [-0.3, -0.25) is 14.4 Å². The summed E-state index contributed by atoms with van der Waals surface area (Å²) in [5.41, 5.74) is 18.2. The predicted molar refractivity (Wildman–Crippen MR) is 415 cm³/mol. The van der Waals surface area contributed by atoms with Gasteiger partial charge < -0.3 is 5.32 Å². The van der Waals surface area contributed by atoms with Gasteiger partial charge in [0.1, 0.15) is 5.69 Å². The second kappa shape index (κ2) is 49.5. The SMILES string of the molecule is CC(C)c1cccc(C(C)C)c1N=Cc1ccn(C)n1.CC(C)c1cccc(C(C)C)c1[N-]C(Cc1ccccc1)c1ccn(C)n1.[CH2-]c1ccccc1.[CH2-]c1ccccc1.[CH2-]c1ccccc1.[CH2-]c1ccccc1.[CH2-]c1ccccc1.[CH2-]c1ccccc1.[CH2-]c1ccccc1.[Zr+3].[Zr+4]. The zero-order chi connectivity index (χ0) is 69.9. The molecule has 501 valence electrons. The van der Waals surface area contributed by atoms with Gasteiger partial charge in [0.05, 0.1) is 11.9 Å². The van der Waals surface area contributed by atoms with Crippen LogP contribution in [0.15, 0.2) is 309 Å². The molecule has 0 aliphatic heterocycles. The summed E-state index contributed by atoms with van der Waals surface area (Å²) in [6, 6.07) is 96.8. The molecule has 12 rings (SSSR count). The van der Waals surface area contributed by atoms with E-state index in [9.17, 15) is 0 Å². The molecule has 0 amide bonds. The first-order valence-corrected chi connectivity index (χ1v) is 32.8.